The first-order valence-electron chi connectivity index (χ1n) is 17.7. The van der Waals surface area contributed by atoms with Gasteiger partial charge in [-0.25, -0.2) is 0 Å². The van der Waals surface area contributed by atoms with Crippen LogP contribution in [0.15, 0.2) is 66.7 Å². The van der Waals surface area contributed by atoms with Gasteiger partial charge in [-0.15, -0.1) is 0 Å². The van der Waals surface area contributed by atoms with E-state index in [0.717, 1.165) is 47.8 Å². The minimum Gasteiger partial charge on any atom is -0.493 e. The second-order valence-electron chi connectivity index (χ2n) is 13.5. The summed E-state index contributed by atoms with van der Waals surface area (Å²) >= 11 is 6.17. The van der Waals surface area contributed by atoms with Crippen LogP contribution in [0.1, 0.15) is 50.2 Å². The Hall–Kier alpha value is -3.54. The van der Waals surface area contributed by atoms with Gasteiger partial charge in [0.15, 0.2) is 0 Å². The van der Waals surface area contributed by atoms with Gasteiger partial charge in [-0.3, -0.25) is 4.79 Å². The lowest BCUT2D eigenvalue weighted by molar-refractivity contribution is -0.143. The number of nitrogens with zero attached hydrogens (tertiary/aromatic N) is 2. The van der Waals surface area contributed by atoms with Gasteiger partial charge in [0.05, 0.1) is 55.3 Å². The second kappa shape index (κ2) is 18.6. The summed E-state index contributed by atoms with van der Waals surface area (Å²) in [6, 6.07) is 20.6. The van der Waals surface area contributed by atoms with E-state index in [1.54, 1.807) is 18.1 Å². The lowest BCUT2D eigenvalue weighted by Crippen LogP contribution is -2.57. The van der Waals surface area contributed by atoms with Crippen LogP contribution in [0.3, 0.4) is 0 Å². The molecule has 2 heterocycles. The molecule has 3 N–H and O–H groups in total. The SMILES string of the molecule is COCCCN1CCOc2ccc(CO[C@H]3CN(C(=O)[C@@H](N)CC(C)C)C[C@@H](O)[C@@H]3c3ccc(OCCCOc4ccccc4Cl)cc3)cc21. The maximum Gasteiger partial charge on any atom is 0.239 e. The molecular weight excluding hydrogens is 658 g/mol. The molecule has 0 aliphatic carbocycles. The number of halogens is 1. The van der Waals surface area contributed by atoms with Crippen molar-refractivity contribution in [1.29, 1.82) is 0 Å². The lowest BCUT2D eigenvalue weighted by atomic mass is 9.84. The molecule has 10 nitrogen and oxygen atoms in total. The van der Waals surface area contributed by atoms with Crippen molar-refractivity contribution >= 4 is 23.2 Å². The van der Waals surface area contributed by atoms with E-state index < -0.39 is 18.2 Å². The number of β-amino-alcohol motifs (C(OH)–C–C–N with tert-alkyl or cyclic N) is 1. The zero-order valence-corrected chi connectivity index (χ0v) is 30.2. The maximum absolute atomic E-state index is 13.4. The van der Waals surface area contributed by atoms with Crippen LogP contribution in [0.2, 0.25) is 5.02 Å². The summed E-state index contributed by atoms with van der Waals surface area (Å²) in [7, 11) is 1.72. The van der Waals surface area contributed by atoms with Gasteiger partial charge >= 0.3 is 0 Å². The number of benzene rings is 3. The number of aliphatic hydroxyl groups is 1. The molecule has 1 saturated heterocycles. The number of aliphatic hydroxyl groups excluding tert-OH is 1. The van der Waals surface area contributed by atoms with E-state index in [1.165, 1.54) is 0 Å². The van der Waals surface area contributed by atoms with Crippen molar-refractivity contribution in [2.75, 3.05) is 64.6 Å². The first kappa shape index (κ1) is 37.7. The zero-order valence-electron chi connectivity index (χ0n) is 29.5. The number of para-hydroxylation sites is 1. The van der Waals surface area contributed by atoms with Gasteiger partial charge in [0.25, 0.3) is 0 Å². The highest BCUT2D eigenvalue weighted by molar-refractivity contribution is 6.32. The number of likely N-dealkylation sites (tertiary alicyclic amines) is 1. The number of fused-ring (bicyclic) bond motifs is 1. The first-order chi connectivity index (χ1) is 24.2. The van der Waals surface area contributed by atoms with Gasteiger partial charge in [0, 0.05) is 45.7 Å². The van der Waals surface area contributed by atoms with Crippen molar-refractivity contribution in [2.45, 2.75) is 63.9 Å². The van der Waals surface area contributed by atoms with Gasteiger partial charge in [-0.05, 0) is 66.3 Å². The number of methoxy groups -OCH3 is 1. The molecule has 1 amide bonds. The van der Waals surface area contributed by atoms with Gasteiger partial charge < -0.3 is 44.3 Å². The second-order valence-corrected chi connectivity index (χ2v) is 13.9. The number of carbonyl (C=O) groups is 1. The fraction of sp³-hybridized carbons (Fsp3) is 0.513. The average molecular weight is 710 g/mol. The third-order valence-electron chi connectivity index (χ3n) is 9.12. The van der Waals surface area contributed by atoms with E-state index in [2.05, 4.69) is 11.0 Å². The minimum atomic E-state index is -0.842. The largest absolute Gasteiger partial charge is 0.493 e. The van der Waals surface area contributed by atoms with E-state index in [9.17, 15) is 9.90 Å². The van der Waals surface area contributed by atoms with Crippen molar-refractivity contribution in [3.05, 3.63) is 82.9 Å². The summed E-state index contributed by atoms with van der Waals surface area (Å²) in [5.41, 5.74) is 9.26. The molecule has 5 rings (SSSR count). The van der Waals surface area contributed by atoms with Crippen LogP contribution in [-0.2, 0) is 20.9 Å². The third kappa shape index (κ3) is 10.3. The number of rotatable bonds is 17. The van der Waals surface area contributed by atoms with E-state index in [4.69, 9.17) is 41.0 Å². The summed E-state index contributed by atoms with van der Waals surface area (Å²) in [5.74, 6) is 1.99. The Morgan fingerprint density at radius 1 is 1.02 bits per heavy atom. The van der Waals surface area contributed by atoms with Crippen LogP contribution in [0.25, 0.3) is 0 Å². The number of nitrogens with two attached hydrogens (primary N) is 1. The molecule has 0 aromatic heterocycles. The van der Waals surface area contributed by atoms with Gasteiger partial charge in [0.2, 0.25) is 5.91 Å². The van der Waals surface area contributed by atoms with E-state index >= 15 is 0 Å². The van der Waals surface area contributed by atoms with Crippen molar-refractivity contribution < 1.29 is 33.6 Å². The zero-order chi connectivity index (χ0) is 35.5. The first-order valence-corrected chi connectivity index (χ1v) is 18.0. The predicted molar refractivity (Wildman–Crippen MR) is 195 cm³/mol. The fourth-order valence-electron chi connectivity index (χ4n) is 6.63. The fourth-order valence-corrected chi connectivity index (χ4v) is 6.82. The number of piperidine rings is 1. The topological polar surface area (TPSA) is 116 Å². The Balaban J connectivity index is 1.25. The molecule has 2 aliphatic heterocycles. The van der Waals surface area contributed by atoms with Gasteiger partial charge in [-0.1, -0.05) is 55.8 Å². The van der Waals surface area contributed by atoms with Crippen LogP contribution in [0.5, 0.6) is 17.2 Å². The molecule has 3 aromatic rings. The van der Waals surface area contributed by atoms with Crippen molar-refractivity contribution in [3.63, 3.8) is 0 Å². The Bertz CT molecular complexity index is 1510. The van der Waals surface area contributed by atoms with E-state index in [0.29, 0.717) is 63.2 Å². The van der Waals surface area contributed by atoms with Crippen LogP contribution in [-0.4, -0.2) is 93.9 Å². The highest BCUT2D eigenvalue weighted by Crippen LogP contribution is 2.36. The van der Waals surface area contributed by atoms with Crippen LogP contribution < -0.4 is 24.8 Å². The Labute approximate surface area is 301 Å². The molecular formula is C39H52ClN3O7. The maximum atomic E-state index is 13.4. The summed E-state index contributed by atoms with van der Waals surface area (Å²) in [6.07, 6.45) is 0.876. The quantitative estimate of drug-likeness (QED) is 0.171. The smallest absolute Gasteiger partial charge is 0.239 e. The standard InChI is InChI=1S/C39H52ClN3O7/c1-27(2)22-32(41)39(45)43-24-34(44)38(29-11-13-30(14-12-29)47-19-7-20-48-35-9-5-4-8-31(35)40)37(25-43)50-26-28-10-15-36-33(23-28)42(17-21-49-36)16-6-18-46-3/h4-5,8-15,23,27,32,34,37-38,44H,6-7,16-22,24-26,41H2,1-3H3/t32-,34+,37-,38-/m0/s1. The van der Waals surface area contributed by atoms with Crippen LogP contribution in [0.4, 0.5) is 5.69 Å². The van der Waals surface area contributed by atoms with Crippen LogP contribution in [0, 0.1) is 5.92 Å². The Morgan fingerprint density at radius 3 is 2.56 bits per heavy atom. The average Bonchev–Trinajstić information content (AvgIpc) is 3.11. The molecule has 2 aliphatic rings. The number of anilines is 1. The minimum absolute atomic E-state index is 0.162. The van der Waals surface area contributed by atoms with Crippen molar-refractivity contribution in [1.82, 2.24) is 4.90 Å². The Kier molecular flexibility index (Phi) is 14.0. The molecule has 1 fully saturated rings. The third-order valence-corrected chi connectivity index (χ3v) is 9.43. The number of ether oxygens (including phenoxy) is 5. The Morgan fingerprint density at radius 2 is 1.80 bits per heavy atom. The molecule has 0 saturated carbocycles. The van der Waals surface area contributed by atoms with E-state index in [1.807, 2.05) is 68.4 Å². The molecule has 272 valence electrons. The van der Waals surface area contributed by atoms with Gasteiger partial charge in [0.1, 0.15) is 23.9 Å². The lowest BCUT2D eigenvalue weighted by Gasteiger charge is -2.42. The number of carbonyl (C=O) groups excluding carboxylic acids is 1. The molecule has 0 spiro atoms. The molecule has 3 aromatic carbocycles. The molecule has 0 bridgehead atoms. The monoisotopic (exact) mass is 709 g/mol. The summed E-state index contributed by atoms with van der Waals surface area (Å²) in [6.45, 7) is 8.89. The van der Waals surface area contributed by atoms with Gasteiger partial charge in [-0.2, -0.15) is 0 Å². The normalized spacial score (nSPS) is 19.5. The highest BCUT2D eigenvalue weighted by Gasteiger charge is 2.40. The molecule has 0 radical (unpaired) electrons. The van der Waals surface area contributed by atoms with Crippen molar-refractivity contribution in [3.8, 4) is 17.2 Å². The summed E-state index contributed by atoms with van der Waals surface area (Å²) in [5, 5.41) is 12.1. The van der Waals surface area contributed by atoms with Crippen LogP contribution >= 0.6 is 11.6 Å². The summed E-state index contributed by atoms with van der Waals surface area (Å²) in [4.78, 5) is 17.4. The molecule has 0 unspecified atom stereocenters. The predicted octanol–water partition coefficient (Wildman–Crippen LogP) is 5.67. The summed E-state index contributed by atoms with van der Waals surface area (Å²) < 4.78 is 29.5. The molecule has 4 atom stereocenters. The number of amides is 1. The highest BCUT2D eigenvalue weighted by atomic mass is 35.5. The number of hydrogen-bond donors (Lipinski definition) is 2. The molecule has 50 heavy (non-hydrogen) atoms. The number of hydrogen-bond acceptors (Lipinski definition) is 9. The molecule has 11 heteroatoms. The van der Waals surface area contributed by atoms with Crippen molar-refractivity contribution in [2.24, 2.45) is 11.7 Å². The van der Waals surface area contributed by atoms with E-state index in [-0.39, 0.29) is 24.3 Å².